The summed E-state index contributed by atoms with van der Waals surface area (Å²) in [6, 6.07) is 9.21. The van der Waals surface area contributed by atoms with Crippen molar-refractivity contribution in [2.45, 2.75) is 31.0 Å². The van der Waals surface area contributed by atoms with Gasteiger partial charge in [-0.15, -0.1) is 0 Å². The van der Waals surface area contributed by atoms with Gasteiger partial charge in [-0.1, -0.05) is 12.1 Å². The zero-order valence-corrected chi connectivity index (χ0v) is 14.8. The molecule has 0 aromatic heterocycles. The first-order chi connectivity index (χ1) is 12.0. The highest BCUT2D eigenvalue weighted by molar-refractivity contribution is 7.89. The molecule has 0 heterocycles. The number of hydrogen-bond acceptors (Lipinski definition) is 3. The number of anilines is 1. The molecule has 140 valence electrons. The van der Waals surface area contributed by atoms with Crippen LogP contribution < -0.4 is 10.0 Å². The summed E-state index contributed by atoms with van der Waals surface area (Å²) < 4.78 is 65.4. The van der Waals surface area contributed by atoms with E-state index < -0.39 is 27.7 Å². The predicted octanol–water partition coefficient (Wildman–Crippen LogP) is 3.64. The molecular weight excluding hydrogens is 369 g/mol. The standard InChI is InChI=1S/C17H17F3N2O3S/c1-11(2)22-26(24,25)13-9-7-12(8-10-13)16(23)21-15-6-4-3-5-14(15)17(18,19)20/h3-11,22H,1-2H3,(H,21,23). The fourth-order valence-electron chi connectivity index (χ4n) is 2.20. The maximum Gasteiger partial charge on any atom is 0.418 e. The smallest absolute Gasteiger partial charge is 0.321 e. The van der Waals surface area contributed by atoms with Gasteiger partial charge in [0, 0.05) is 11.6 Å². The van der Waals surface area contributed by atoms with Gasteiger partial charge in [0.2, 0.25) is 10.0 Å². The second kappa shape index (κ2) is 7.46. The largest absolute Gasteiger partial charge is 0.418 e. The Hall–Kier alpha value is -2.39. The number of carbonyl (C=O) groups is 1. The molecule has 0 saturated carbocycles. The molecule has 26 heavy (non-hydrogen) atoms. The minimum Gasteiger partial charge on any atom is -0.321 e. The number of amides is 1. The molecule has 0 aliphatic rings. The molecule has 2 N–H and O–H groups in total. The first kappa shape index (κ1) is 19.9. The van der Waals surface area contributed by atoms with Crippen LogP contribution in [0.2, 0.25) is 0 Å². The Bertz CT molecular complexity index is 892. The summed E-state index contributed by atoms with van der Waals surface area (Å²) >= 11 is 0. The Kier molecular flexibility index (Phi) is 5.72. The van der Waals surface area contributed by atoms with Crippen LogP contribution in [0.25, 0.3) is 0 Å². The second-order valence-electron chi connectivity index (χ2n) is 5.80. The third kappa shape index (κ3) is 4.83. The SMILES string of the molecule is CC(C)NS(=O)(=O)c1ccc(C(=O)Nc2ccccc2C(F)(F)F)cc1. The van der Waals surface area contributed by atoms with Gasteiger partial charge in [-0.3, -0.25) is 4.79 Å². The third-order valence-electron chi connectivity index (χ3n) is 3.30. The summed E-state index contributed by atoms with van der Waals surface area (Å²) in [6.45, 7) is 3.33. The van der Waals surface area contributed by atoms with Crippen molar-refractivity contribution in [2.24, 2.45) is 0 Å². The monoisotopic (exact) mass is 386 g/mol. The lowest BCUT2D eigenvalue weighted by atomic mass is 10.1. The fourth-order valence-corrected chi connectivity index (χ4v) is 3.45. The number of nitrogens with one attached hydrogen (secondary N) is 2. The molecule has 9 heteroatoms. The van der Waals surface area contributed by atoms with Crippen LogP contribution in [0, 0.1) is 0 Å². The molecule has 0 radical (unpaired) electrons. The first-order valence-electron chi connectivity index (χ1n) is 7.60. The van der Waals surface area contributed by atoms with Gasteiger partial charge in [0.15, 0.2) is 0 Å². The molecular formula is C17H17F3N2O3S. The van der Waals surface area contributed by atoms with E-state index in [9.17, 15) is 26.4 Å². The van der Waals surface area contributed by atoms with Gasteiger partial charge in [-0.2, -0.15) is 13.2 Å². The van der Waals surface area contributed by atoms with Crippen LogP contribution in [-0.4, -0.2) is 20.4 Å². The van der Waals surface area contributed by atoms with Gasteiger partial charge < -0.3 is 5.32 Å². The maximum atomic E-state index is 13.0. The first-order valence-corrected chi connectivity index (χ1v) is 9.09. The van der Waals surface area contributed by atoms with Crippen LogP contribution >= 0.6 is 0 Å². The molecule has 0 aliphatic heterocycles. The normalized spacial score (nSPS) is 12.2. The van der Waals surface area contributed by atoms with E-state index >= 15 is 0 Å². The molecule has 1 amide bonds. The quantitative estimate of drug-likeness (QED) is 0.824. The predicted molar refractivity (Wildman–Crippen MR) is 91.3 cm³/mol. The van der Waals surface area contributed by atoms with Crippen molar-refractivity contribution >= 4 is 21.6 Å². The Morgan fingerprint density at radius 2 is 1.58 bits per heavy atom. The molecule has 0 fully saturated rings. The van der Waals surface area contributed by atoms with Crippen molar-refractivity contribution in [3.63, 3.8) is 0 Å². The molecule has 0 bridgehead atoms. The highest BCUT2D eigenvalue weighted by atomic mass is 32.2. The summed E-state index contributed by atoms with van der Waals surface area (Å²) in [5.41, 5.74) is -1.30. The van der Waals surface area contributed by atoms with E-state index in [0.717, 1.165) is 12.1 Å². The Labute approximate surface area is 149 Å². The Morgan fingerprint density at radius 1 is 1.00 bits per heavy atom. The molecule has 0 spiro atoms. The summed E-state index contributed by atoms with van der Waals surface area (Å²) in [7, 11) is -3.72. The summed E-state index contributed by atoms with van der Waals surface area (Å²) in [5, 5.41) is 2.20. The number of halogens is 3. The minimum absolute atomic E-state index is 0.0328. The van der Waals surface area contributed by atoms with Crippen molar-refractivity contribution in [1.29, 1.82) is 0 Å². The van der Waals surface area contributed by atoms with Crippen molar-refractivity contribution in [1.82, 2.24) is 4.72 Å². The van der Waals surface area contributed by atoms with Crippen LogP contribution in [0.1, 0.15) is 29.8 Å². The van der Waals surface area contributed by atoms with Gasteiger partial charge in [0.25, 0.3) is 5.91 Å². The number of sulfonamides is 1. The van der Waals surface area contributed by atoms with Crippen LogP contribution in [0.3, 0.4) is 0 Å². The van der Waals surface area contributed by atoms with Gasteiger partial charge >= 0.3 is 6.18 Å². The summed E-state index contributed by atoms with van der Waals surface area (Å²) in [5.74, 6) is -0.775. The average Bonchev–Trinajstić information content (AvgIpc) is 2.53. The van der Waals surface area contributed by atoms with Crippen LogP contribution in [0.4, 0.5) is 18.9 Å². The topological polar surface area (TPSA) is 75.3 Å². The van der Waals surface area contributed by atoms with Crippen LogP contribution in [0.15, 0.2) is 53.4 Å². The number of hydrogen-bond donors (Lipinski definition) is 2. The van der Waals surface area contributed by atoms with Gasteiger partial charge in [0.1, 0.15) is 0 Å². The molecule has 0 unspecified atom stereocenters. The highest BCUT2D eigenvalue weighted by Crippen LogP contribution is 2.34. The lowest BCUT2D eigenvalue weighted by Crippen LogP contribution is -2.30. The minimum atomic E-state index is -4.61. The van der Waals surface area contributed by atoms with Crippen molar-refractivity contribution in [3.8, 4) is 0 Å². The molecule has 2 aromatic carbocycles. The number of alkyl halides is 3. The van der Waals surface area contributed by atoms with E-state index in [4.69, 9.17) is 0 Å². The zero-order chi connectivity index (χ0) is 19.5. The molecule has 2 aromatic rings. The summed E-state index contributed by atoms with van der Waals surface area (Å²) in [6.07, 6.45) is -4.61. The van der Waals surface area contributed by atoms with E-state index in [0.29, 0.717) is 0 Å². The molecule has 5 nitrogen and oxygen atoms in total. The maximum absolute atomic E-state index is 13.0. The van der Waals surface area contributed by atoms with E-state index in [1.807, 2.05) is 0 Å². The fraction of sp³-hybridized carbons (Fsp3) is 0.235. The highest BCUT2D eigenvalue weighted by Gasteiger charge is 2.33. The van der Waals surface area contributed by atoms with E-state index in [2.05, 4.69) is 10.0 Å². The van der Waals surface area contributed by atoms with E-state index in [-0.39, 0.29) is 22.2 Å². The number of benzene rings is 2. The van der Waals surface area contributed by atoms with Crippen LogP contribution in [0.5, 0.6) is 0 Å². The second-order valence-corrected chi connectivity index (χ2v) is 7.51. The number of para-hydroxylation sites is 1. The summed E-state index contributed by atoms with van der Waals surface area (Å²) in [4.78, 5) is 12.1. The lowest BCUT2D eigenvalue weighted by Gasteiger charge is -2.14. The van der Waals surface area contributed by atoms with Crippen molar-refractivity contribution in [3.05, 3.63) is 59.7 Å². The average molecular weight is 386 g/mol. The van der Waals surface area contributed by atoms with Gasteiger partial charge in [-0.25, -0.2) is 13.1 Å². The number of carbonyl (C=O) groups excluding carboxylic acids is 1. The zero-order valence-electron chi connectivity index (χ0n) is 14.0. The van der Waals surface area contributed by atoms with Crippen molar-refractivity contribution < 1.29 is 26.4 Å². The van der Waals surface area contributed by atoms with Crippen LogP contribution in [-0.2, 0) is 16.2 Å². The molecule has 0 atom stereocenters. The third-order valence-corrected chi connectivity index (χ3v) is 4.97. The molecule has 0 saturated heterocycles. The van der Waals surface area contributed by atoms with E-state index in [1.165, 1.54) is 36.4 Å². The molecule has 0 aliphatic carbocycles. The number of rotatable bonds is 5. The Balaban J connectivity index is 2.22. The van der Waals surface area contributed by atoms with E-state index in [1.54, 1.807) is 13.8 Å². The Morgan fingerprint density at radius 3 is 2.12 bits per heavy atom. The van der Waals surface area contributed by atoms with Gasteiger partial charge in [-0.05, 0) is 50.2 Å². The molecule has 2 rings (SSSR count). The lowest BCUT2D eigenvalue weighted by molar-refractivity contribution is -0.136. The van der Waals surface area contributed by atoms with Crippen molar-refractivity contribution in [2.75, 3.05) is 5.32 Å². The van der Waals surface area contributed by atoms with Gasteiger partial charge in [0.05, 0.1) is 16.1 Å².